The molecule has 3 rings (SSSR count). The molecule has 0 radical (unpaired) electrons. The third kappa shape index (κ3) is 2.12. The first-order valence-corrected chi connectivity index (χ1v) is 7.16. The van der Waals surface area contributed by atoms with Gasteiger partial charge in [-0.2, -0.15) is 0 Å². The number of Topliss-reactive ketones (excluding diaryl/α,β-unsaturated/α-hetero) is 1. The molecule has 0 saturated carbocycles. The third-order valence-electron chi connectivity index (χ3n) is 4.11. The summed E-state index contributed by atoms with van der Waals surface area (Å²) in [4.78, 5) is 12.3. The summed E-state index contributed by atoms with van der Waals surface area (Å²) in [5.41, 5.74) is 0.753. The molecule has 4 heteroatoms. The van der Waals surface area contributed by atoms with E-state index >= 15 is 0 Å². The van der Waals surface area contributed by atoms with Crippen LogP contribution >= 0.6 is 15.9 Å². The van der Waals surface area contributed by atoms with E-state index in [2.05, 4.69) is 21.2 Å². The normalized spacial score (nSPS) is 29.8. The molecule has 3 atom stereocenters. The van der Waals surface area contributed by atoms with E-state index in [-0.39, 0.29) is 17.5 Å². The number of hydrogen-bond donors (Lipinski definition) is 1. The SMILES string of the molecule is O=C(Cc1cccc(F)c1Br)C1CC2CCC1N2. The molecule has 2 bridgehead atoms. The third-order valence-corrected chi connectivity index (χ3v) is 5.00. The van der Waals surface area contributed by atoms with Gasteiger partial charge in [0.2, 0.25) is 0 Å². The van der Waals surface area contributed by atoms with Crippen LogP contribution in [-0.4, -0.2) is 17.9 Å². The molecule has 0 amide bonds. The number of fused-ring (bicyclic) bond motifs is 2. The Morgan fingerprint density at radius 2 is 2.28 bits per heavy atom. The predicted octanol–water partition coefficient (Wildman–Crippen LogP) is 2.84. The smallest absolute Gasteiger partial charge is 0.141 e. The molecule has 2 saturated heterocycles. The Kier molecular flexibility index (Phi) is 3.24. The van der Waals surface area contributed by atoms with Crippen molar-refractivity contribution < 1.29 is 9.18 Å². The number of hydrogen-bond acceptors (Lipinski definition) is 2. The van der Waals surface area contributed by atoms with Gasteiger partial charge in [0.15, 0.2) is 0 Å². The molecule has 96 valence electrons. The average Bonchev–Trinajstić information content (AvgIpc) is 2.97. The zero-order valence-corrected chi connectivity index (χ0v) is 11.5. The second-order valence-corrected chi connectivity index (χ2v) is 6.04. The van der Waals surface area contributed by atoms with E-state index in [0.29, 0.717) is 23.0 Å². The lowest BCUT2D eigenvalue weighted by atomic mass is 9.84. The highest BCUT2D eigenvalue weighted by molar-refractivity contribution is 9.10. The van der Waals surface area contributed by atoms with Crippen LogP contribution in [0.25, 0.3) is 0 Å². The van der Waals surface area contributed by atoms with Gasteiger partial charge in [0, 0.05) is 24.4 Å². The lowest BCUT2D eigenvalue weighted by Crippen LogP contribution is -2.29. The van der Waals surface area contributed by atoms with E-state index in [4.69, 9.17) is 0 Å². The number of benzene rings is 1. The fraction of sp³-hybridized carbons (Fsp3) is 0.500. The average molecular weight is 312 g/mol. The molecule has 0 aliphatic carbocycles. The molecule has 2 heterocycles. The number of rotatable bonds is 3. The highest BCUT2D eigenvalue weighted by Crippen LogP contribution is 2.34. The second-order valence-electron chi connectivity index (χ2n) is 5.25. The van der Waals surface area contributed by atoms with Gasteiger partial charge in [0.1, 0.15) is 11.6 Å². The molecule has 1 aromatic carbocycles. The Morgan fingerprint density at radius 3 is 2.94 bits per heavy atom. The number of carbonyl (C=O) groups is 1. The van der Waals surface area contributed by atoms with Crippen molar-refractivity contribution in [3.8, 4) is 0 Å². The van der Waals surface area contributed by atoms with E-state index in [9.17, 15) is 9.18 Å². The number of ketones is 1. The second kappa shape index (κ2) is 4.74. The van der Waals surface area contributed by atoms with E-state index in [1.54, 1.807) is 6.07 Å². The molecule has 1 N–H and O–H groups in total. The number of carbonyl (C=O) groups excluding carboxylic acids is 1. The van der Waals surface area contributed by atoms with Crippen molar-refractivity contribution in [1.82, 2.24) is 5.32 Å². The first-order valence-electron chi connectivity index (χ1n) is 6.37. The fourth-order valence-electron chi connectivity index (χ4n) is 3.18. The maximum atomic E-state index is 13.4. The molecule has 3 unspecified atom stereocenters. The molecule has 0 spiro atoms. The Balaban J connectivity index is 1.73. The summed E-state index contributed by atoms with van der Waals surface area (Å²) in [5, 5.41) is 3.46. The monoisotopic (exact) mass is 311 g/mol. The quantitative estimate of drug-likeness (QED) is 0.930. The van der Waals surface area contributed by atoms with Crippen LogP contribution in [0, 0.1) is 11.7 Å². The van der Waals surface area contributed by atoms with E-state index in [0.717, 1.165) is 18.4 Å². The minimum atomic E-state index is -0.300. The van der Waals surface area contributed by atoms with Gasteiger partial charge < -0.3 is 5.32 Å². The lowest BCUT2D eigenvalue weighted by Gasteiger charge is -2.19. The van der Waals surface area contributed by atoms with Crippen LogP contribution in [0.5, 0.6) is 0 Å². The van der Waals surface area contributed by atoms with E-state index in [1.807, 2.05) is 6.07 Å². The highest BCUT2D eigenvalue weighted by Gasteiger charge is 2.42. The van der Waals surface area contributed by atoms with E-state index in [1.165, 1.54) is 12.5 Å². The summed E-state index contributed by atoms with van der Waals surface area (Å²) in [6.07, 6.45) is 3.58. The molecular formula is C14H15BrFNO. The van der Waals surface area contributed by atoms with Crippen molar-refractivity contribution in [3.63, 3.8) is 0 Å². The Labute approximate surface area is 114 Å². The first kappa shape index (κ1) is 12.3. The van der Waals surface area contributed by atoms with Crippen molar-refractivity contribution in [2.45, 2.75) is 37.8 Å². The van der Waals surface area contributed by atoms with Crippen LogP contribution in [0.3, 0.4) is 0 Å². The van der Waals surface area contributed by atoms with Gasteiger partial charge >= 0.3 is 0 Å². The molecule has 2 fully saturated rings. The van der Waals surface area contributed by atoms with Crippen LogP contribution in [0.2, 0.25) is 0 Å². The summed E-state index contributed by atoms with van der Waals surface area (Å²) < 4.78 is 13.8. The van der Waals surface area contributed by atoms with Crippen molar-refractivity contribution >= 4 is 21.7 Å². The topological polar surface area (TPSA) is 29.1 Å². The zero-order chi connectivity index (χ0) is 12.7. The predicted molar refractivity (Wildman–Crippen MR) is 70.9 cm³/mol. The lowest BCUT2D eigenvalue weighted by molar-refractivity contribution is -0.122. The summed E-state index contributed by atoms with van der Waals surface area (Å²) >= 11 is 3.22. The van der Waals surface area contributed by atoms with Crippen molar-refractivity contribution in [3.05, 3.63) is 34.1 Å². The number of halogens is 2. The first-order chi connectivity index (χ1) is 8.65. The van der Waals surface area contributed by atoms with Gasteiger partial charge in [-0.05, 0) is 46.8 Å². The molecule has 2 aliphatic rings. The Bertz CT molecular complexity index is 491. The van der Waals surface area contributed by atoms with Gasteiger partial charge in [-0.1, -0.05) is 12.1 Å². The van der Waals surface area contributed by atoms with Crippen molar-refractivity contribution in [2.75, 3.05) is 0 Å². The summed E-state index contributed by atoms with van der Waals surface area (Å²) in [5.74, 6) is 0.0614. The minimum Gasteiger partial charge on any atom is -0.310 e. The van der Waals surface area contributed by atoms with Gasteiger partial charge in [-0.25, -0.2) is 4.39 Å². The molecular weight excluding hydrogens is 297 g/mol. The Hall–Kier alpha value is -0.740. The van der Waals surface area contributed by atoms with Crippen LogP contribution < -0.4 is 5.32 Å². The summed E-state index contributed by atoms with van der Waals surface area (Å²) in [7, 11) is 0. The molecule has 2 nitrogen and oxygen atoms in total. The summed E-state index contributed by atoms with van der Waals surface area (Å²) in [6.45, 7) is 0. The van der Waals surface area contributed by atoms with Gasteiger partial charge in [-0.3, -0.25) is 4.79 Å². The zero-order valence-electron chi connectivity index (χ0n) is 9.96. The van der Waals surface area contributed by atoms with Gasteiger partial charge in [-0.15, -0.1) is 0 Å². The fourth-order valence-corrected chi connectivity index (χ4v) is 3.59. The van der Waals surface area contributed by atoms with Gasteiger partial charge in [0.25, 0.3) is 0 Å². The van der Waals surface area contributed by atoms with Crippen molar-refractivity contribution in [1.29, 1.82) is 0 Å². The Morgan fingerprint density at radius 1 is 1.44 bits per heavy atom. The highest BCUT2D eigenvalue weighted by atomic mass is 79.9. The molecule has 18 heavy (non-hydrogen) atoms. The molecule has 0 aromatic heterocycles. The van der Waals surface area contributed by atoms with Crippen molar-refractivity contribution in [2.24, 2.45) is 5.92 Å². The maximum absolute atomic E-state index is 13.4. The van der Waals surface area contributed by atoms with Crippen LogP contribution in [0.1, 0.15) is 24.8 Å². The molecule has 2 aliphatic heterocycles. The largest absolute Gasteiger partial charge is 0.310 e. The van der Waals surface area contributed by atoms with Crippen LogP contribution in [0.15, 0.2) is 22.7 Å². The summed E-state index contributed by atoms with van der Waals surface area (Å²) in [6, 6.07) is 5.75. The molecule has 1 aromatic rings. The van der Waals surface area contributed by atoms with E-state index < -0.39 is 0 Å². The minimum absolute atomic E-state index is 0.124. The standard InChI is InChI=1S/C14H15BrFNO/c15-14-8(2-1-3-11(14)16)6-13(18)10-7-9-4-5-12(10)17-9/h1-3,9-10,12,17H,4-7H2. The van der Waals surface area contributed by atoms with Crippen LogP contribution in [-0.2, 0) is 11.2 Å². The van der Waals surface area contributed by atoms with Crippen LogP contribution in [0.4, 0.5) is 4.39 Å². The van der Waals surface area contributed by atoms with Gasteiger partial charge in [0.05, 0.1) is 4.47 Å². The maximum Gasteiger partial charge on any atom is 0.141 e. The number of nitrogens with one attached hydrogen (secondary N) is 1.